The Bertz CT molecular complexity index is 3650. The number of fused-ring (bicyclic) bond motifs is 6. The molecule has 0 bridgehead atoms. The van der Waals surface area contributed by atoms with E-state index in [0.717, 1.165) is 28.0 Å². The van der Waals surface area contributed by atoms with Crippen molar-refractivity contribution in [1.82, 2.24) is 19.5 Å². The summed E-state index contributed by atoms with van der Waals surface area (Å²) in [5.74, 6) is 0.0367. The highest BCUT2D eigenvalue weighted by atomic mass is 32.1. The van der Waals surface area contributed by atoms with Gasteiger partial charge >= 0.3 is 0 Å². The van der Waals surface area contributed by atoms with Gasteiger partial charge in [0.2, 0.25) is 0 Å². The lowest BCUT2D eigenvalue weighted by Gasteiger charge is -2.17. The van der Waals surface area contributed by atoms with Gasteiger partial charge in [0, 0.05) is 58.8 Å². The van der Waals surface area contributed by atoms with E-state index in [9.17, 15) is 8.22 Å². The van der Waals surface area contributed by atoms with Crippen LogP contribution in [-0.4, -0.2) is 19.5 Å². The molecule has 4 nitrogen and oxygen atoms in total. The van der Waals surface area contributed by atoms with Crippen molar-refractivity contribution in [2.45, 2.75) is 0 Å². The quantitative estimate of drug-likeness (QED) is 0.183. The minimum atomic E-state index is -0.708. The summed E-state index contributed by atoms with van der Waals surface area (Å²) in [5, 5.41) is -0.639. The second kappa shape index (κ2) is 11.6. The van der Waals surface area contributed by atoms with Gasteiger partial charge in [-0.25, -0.2) is 15.0 Å². The topological polar surface area (TPSA) is 43.6 Å². The fourth-order valence-electron chi connectivity index (χ4n) is 6.02. The normalized spacial score (nSPS) is 16.1. The number of hydrogen-bond donors (Lipinski definition) is 0. The average molecular weight is 673 g/mol. The molecule has 0 aliphatic heterocycles. The smallest absolute Gasteiger partial charge is 0.164 e. The lowest BCUT2D eigenvalue weighted by atomic mass is 9.98. The van der Waals surface area contributed by atoms with Gasteiger partial charge in [0.05, 0.1) is 38.7 Å². The number of hydrogen-bond acceptors (Lipinski definition) is 4. The number of nitrogens with zero attached hydrogens (tertiary/aromatic N) is 4. The number of rotatable bonds is 5. The van der Waals surface area contributed by atoms with Gasteiger partial charge < -0.3 is 4.57 Å². The van der Waals surface area contributed by atoms with Crippen LogP contribution in [0.2, 0.25) is 0 Å². The van der Waals surface area contributed by atoms with Gasteiger partial charge in [-0.2, -0.15) is 0 Å². The molecule has 50 heavy (non-hydrogen) atoms. The maximum atomic E-state index is 10.2. The molecule has 0 spiro atoms. The van der Waals surface area contributed by atoms with Crippen molar-refractivity contribution in [3.8, 4) is 51.0 Å². The fraction of sp³-hybridized carbons (Fsp3) is 0. The third-order valence-corrected chi connectivity index (χ3v) is 9.38. The summed E-state index contributed by atoms with van der Waals surface area (Å²) in [7, 11) is 0. The Morgan fingerprint density at radius 2 is 1.04 bits per heavy atom. The molecule has 0 amide bonds. The second-order valence-electron chi connectivity index (χ2n) is 11.2. The van der Waals surface area contributed by atoms with Crippen molar-refractivity contribution in [3.05, 3.63) is 169 Å². The molecule has 7 aromatic carbocycles. The first-order chi connectivity index (χ1) is 31.4. The molecule has 0 atom stereocenters. The van der Waals surface area contributed by atoms with Gasteiger partial charge in [-0.05, 0) is 36.3 Å². The Balaban J connectivity index is 1.47. The van der Waals surface area contributed by atoms with Crippen LogP contribution in [-0.2, 0) is 0 Å². The summed E-state index contributed by atoms with van der Waals surface area (Å²) in [6.45, 7) is 0. The van der Waals surface area contributed by atoms with Gasteiger partial charge in [-0.15, -0.1) is 11.3 Å². The van der Waals surface area contributed by atoms with E-state index >= 15 is 0 Å². The summed E-state index contributed by atoms with van der Waals surface area (Å²) >= 11 is 0.772. The highest BCUT2D eigenvalue weighted by Crippen LogP contribution is 2.44. The molecule has 3 heterocycles. The molecule has 0 aliphatic carbocycles. The van der Waals surface area contributed by atoms with E-state index in [-0.39, 0.29) is 76.1 Å². The van der Waals surface area contributed by atoms with Crippen LogP contribution < -0.4 is 0 Å². The van der Waals surface area contributed by atoms with Gasteiger partial charge in [0.15, 0.2) is 17.5 Å². The van der Waals surface area contributed by atoms with Crippen molar-refractivity contribution in [2.24, 2.45) is 0 Å². The van der Waals surface area contributed by atoms with E-state index in [2.05, 4.69) is 0 Å². The first-order valence-corrected chi connectivity index (χ1v) is 16.2. The van der Waals surface area contributed by atoms with Gasteiger partial charge in [-0.1, -0.05) is 133 Å². The molecule has 0 saturated carbocycles. The minimum absolute atomic E-state index is 0.0212. The van der Waals surface area contributed by atoms with Crippen LogP contribution in [0.4, 0.5) is 0 Å². The van der Waals surface area contributed by atoms with Crippen LogP contribution in [0, 0.1) is 0 Å². The van der Waals surface area contributed by atoms with Crippen molar-refractivity contribution < 1.29 is 21.9 Å². The molecule has 0 saturated heterocycles. The highest BCUT2D eigenvalue weighted by Gasteiger charge is 2.20. The first kappa shape index (κ1) is 16.8. The Morgan fingerprint density at radius 3 is 1.70 bits per heavy atom. The molecule has 0 fully saturated rings. The monoisotopic (exact) mass is 672 g/mol. The third kappa shape index (κ3) is 4.63. The standard InChI is InChI=1S/C45H28N4S/c1-3-14-29(15-4-1)43-46-44(30-16-5-2-6-17-30)48-45(47-43)31-26-27-40(49-38-23-10-7-18-32(38)33-19-8-11-24-39(33)49)37(28-31)36-22-13-21-35-34-20-9-12-25-41(34)50-42(35)36/h1-28H/i7D,8D,9D,12D,13D,18D,19D,20D,21D,22D,23D,24D,25D,26D,27D,28D. The summed E-state index contributed by atoms with van der Waals surface area (Å²) in [4.78, 5) is 14.2. The number of thiophene rings is 1. The summed E-state index contributed by atoms with van der Waals surface area (Å²) in [6, 6.07) is 11.1. The van der Waals surface area contributed by atoms with E-state index in [4.69, 9.17) is 28.7 Å². The highest BCUT2D eigenvalue weighted by molar-refractivity contribution is 7.26. The van der Waals surface area contributed by atoms with Crippen molar-refractivity contribution in [3.63, 3.8) is 0 Å². The van der Waals surface area contributed by atoms with Crippen molar-refractivity contribution in [1.29, 1.82) is 0 Å². The Labute approximate surface area is 315 Å². The second-order valence-corrected chi connectivity index (χ2v) is 12.2. The van der Waals surface area contributed by atoms with E-state index in [0.29, 0.717) is 11.1 Å². The fourth-order valence-corrected chi connectivity index (χ4v) is 7.09. The molecule has 0 aliphatic rings. The maximum absolute atomic E-state index is 10.2. The molecule has 0 unspecified atom stereocenters. The largest absolute Gasteiger partial charge is 0.309 e. The SMILES string of the molecule is [2H]c1cc([2H])c2c(c1[2H])c1c([2H])c([2H])cc([2H])c1n2-c1c([2H])c([2H])c(-c2nc(-c3ccccc3)nc(-c3ccccc3)n2)c([2H])c1-c1c([2H])c([2H])c([2H])c2c1sc1c([2H])c([2H])c([2H])c([2H])c12. The van der Waals surface area contributed by atoms with Gasteiger partial charge in [-0.3, -0.25) is 0 Å². The van der Waals surface area contributed by atoms with Crippen molar-refractivity contribution in [2.75, 3.05) is 0 Å². The van der Waals surface area contributed by atoms with Crippen LogP contribution in [0.15, 0.2) is 169 Å². The number of para-hydroxylation sites is 2. The molecular formula is C45H28N4S. The third-order valence-electron chi connectivity index (χ3n) is 8.25. The van der Waals surface area contributed by atoms with Crippen LogP contribution in [0.3, 0.4) is 0 Å². The molecular weight excluding hydrogens is 629 g/mol. The van der Waals surface area contributed by atoms with E-state index in [1.807, 2.05) is 0 Å². The predicted octanol–water partition coefficient (Wildman–Crippen LogP) is 12.0. The maximum Gasteiger partial charge on any atom is 0.164 e. The lowest BCUT2D eigenvalue weighted by Crippen LogP contribution is -2.02. The van der Waals surface area contributed by atoms with Crippen LogP contribution in [0.25, 0.3) is 93.0 Å². The molecule has 0 radical (unpaired) electrons. The molecule has 234 valence electrons. The zero-order valence-corrected chi connectivity index (χ0v) is 26.4. The summed E-state index contributed by atoms with van der Waals surface area (Å²) in [6.07, 6.45) is 0. The van der Waals surface area contributed by atoms with Crippen molar-refractivity contribution >= 4 is 53.3 Å². The average Bonchev–Trinajstić information content (AvgIpc) is 3.89. The number of aromatic nitrogens is 4. The van der Waals surface area contributed by atoms with Crippen LogP contribution in [0.5, 0.6) is 0 Å². The zero-order valence-electron chi connectivity index (χ0n) is 41.6. The first-order valence-electron chi connectivity index (χ1n) is 23.4. The van der Waals surface area contributed by atoms with E-state index in [1.165, 1.54) is 0 Å². The predicted molar refractivity (Wildman–Crippen MR) is 209 cm³/mol. The lowest BCUT2D eigenvalue weighted by molar-refractivity contribution is 1.07. The van der Waals surface area contributed by atoms with E-state index in [1.54, 1.807) is 60.7 Å². The number of benzene rings is 7. The van der Waals surface area contributed by atoms with Gasteiger partial charge in [0.1, 0.15) is 0 Å². The Kier molecular flexibility index (Phi) is 3.90. The molecule has 0 N–H and O–H groups in total. The van der Waals surface area contributed by atoms with Gasteiger partial charge in [0.25, 0.3) is 0 Å². The Morgan fingerprint density at radius 1 is 0.460 bits per heavy atom. The molecule has 10 rings (SSSR count). The molecule has 3 aromatic heterocycles. The van der Waals surface area contributed by atoms with Crippen LogP contribution in [0.1, 0.15) is 21.9 Å². The molecule has 5 heteroatoms. The molecule has 10 aromatic rings. The van der Waals surface area contributed by atoms with E-state index < -0.39 is 102 Å². The summed E-state index contributed by atoms with van der Waals surface area (Å²) in [5.41, 5.74) is -0.841. The zero-order chi connectivity index (χ0) is 46.9. The minimum Gasteiger partial charge on any atom is -0.309 e. The Hall–Kier alpha value is -6.43. The summed E-state index contributed by atoms with van der Waals surface area (Å²) < 4.78 is 147. The van der Waals surface area contributed by atoms with Crippen LogP contribution >= 0.6 is 11.3 Å².